The van der Waals surface area contributed by atoms with E-state index in [0.717, 1.165) is 24.5 Å². The van der Waals surface area contributed by atoms with Gasteiger partial charge in [-0.15, -0.1) is 0 Å². The zero-order chi connectivity index (χ0) is 13.2. The predicted octanol–water partition coefficient (Wildman–Crippen LogP) is 3.02. The van der Waals surface area contributed by atoms with Gasteiger partial charge in [-0.1, -0.05) is 38.6 Å². The molecule has 3 heteroatoms. The van der Waals surface area contributed by atoms with Gasteiger partial charge in [0.2, 0.25) is 0 Å². The largest absolute Gasteiger partial charge is 0.490 e. The second kappa shape index (κ2) is 8.59. The highest BCUT2D eigenvalue weighted by Gasteiger charge is 2.03. The summed E-state index contributed by atoms with van der Waals surface area (Å²) in [6, 6.07) is 8.24. The Bertz CT molecular complexity index is 350. The third-order valence-corrected chi connectivity index (χ3v) is 2.34. The summed E-state index contributed by atoms with van der Waals surface area (Å²) in [5, 5.41) is 3.36. The van der Waals surface area contributed by atoms with Crippen LogP contribution in [0.4, 0.5) is 0 Å². The van der Waals surface area contributed by atoms with Crippen LogP contribution in [-0.4, -0.2) is 25.8 Å². The highest BCUT2D eigenvalue weighted by Crippen LogP contribution is 2.26. The first-order chi connectivity index (χ1) is 8.74. The third-order valence-electron chi connectivity index (χ3n) is 2.34. The summed E-state index contributed by atoms with van der Waals surface area (Å²) in [5.74, 6) is 1.57. The van der Waals surface area contributed by atoms with Crippen molar-refractivity contribution < 1.29 is 9.47 Å². The molecule has 3 nitrogen and oxygen atoms in total. The summed E-state index contributed by atoms with van der Waals surface area (Å²) in [6.45, 7) is 10.1. The molecular weight excluding hydrogens is 226 g/mol. The molecule has 0 bridgehead atoms. The van der Waals surface area contributed by atoms with Crippen molar-refractivity contribution >= 4 is 0 Å². The predicted molar refractivity (Wildman–Crippen MR) is 75.4 cm³/mol. The van der Waals surface area contributed by atoms with Gasteiger partial charge < -0.3 is 14.8 Å². The van der Waals surface area contributed by atoms with E-state index in [9.17, 15) is 0 Å². The van der Waals surface area contributed by atoms with Crippen LogP contribution < -0.4 is 14.8 Å². The molecule has 0 heterocycles. The molecule has 0 aromatic heterocycles. The van der Waals surface area contributed by atoms with E-state index in [-0.39, 0.29) is 0 Å². The van der Waals surface area contributed by atoms with Crippen LogP contribution >= 0.6 is 0 Å². The first-order valence-corrected chi connectivity index (χ1v) is 6.43. The molecule has 0 amide bonds. The SMILES string of the molecule is C=CCOc1ccccc1OCCCNC(C)C. The van der Waals surface area contributed by atoms with Gasteiger partial charge in [-0.05, 0) is 25.1 Å². The number of ether oxygens (including phenoxy) is 2. The number of nitrogens with one attached hydrogen (secondary N) is 1. The molecule has 0 saturated heterocycles. The Balaban J connectivity index is 2.34. The Hall–Kier alpha value is -1.48. The summed E-state index contributed by atoms with van der Waals surface area (Å²) < 4.78 is 11.2. The molecule has 0 aliphatic carbocycles. The fourth-order valence-electron chi connectivity index (χ4n) is 1.48. The molecule has 1 N–H and O–H groups in total. The molecule has 0 radical (unpaired) electrons. The van der Waals surface area contributed by atoms with E-state index in [1.807, 2.05) is 24.3 Å². The summed E-state index contributed by atoms with van der Waals surface area (Å²) in [5.41, 5.74) is 0. The van der Waals surface area contributed by atoms with Crippen LogP contribution in [0.3, 0.4) is 0 Å². The van der Waals surface area contributed by atoms with Gasteiger partial charge in [-0.3, -0.25) is 0 Å². The van der Waals surface area contributed by atoms with Crippen molar-refractivity contribution in [2.24, 2.45) is 0 Å². The zero-order valence-corrected chi connectivity index (χ0v) is 11.3. The molecule has 1 aromatic carbocycles. The number of hydrogen-bond acceptors (Lipinski definition) is 3. The van der Waals surface area contributed by atoms with Gasteiger partial charge in [0.1, 0.15) is 6.61 Å². The minimum atomic E-state index is 0.495. The van der Waals surface area contributed by atoms with Crippen LogP contribution in [-0.2, 0) is 0 Å². The van der Waals surface area contributed by atoms with Gasteiger partial charge in [0, 0.05) is 6.04 Å². The number of hydrogen-bond donors (Lipinski definition) is 1. The quantitative estimate of drug-likeness (QED) is 0.539. The lowest BCUT2D eigenvalue weighted by Crippen LogP contribution is -2.24. The lowest BCUT2D eigenvalue weighted by atomic mass is 10.3. The van der Waals surface area contributed by atoms with Gasteiger partial charge in [0.05, 0.1) is 6.61 Å². The Kier molecular flexibility index (Phi) is 6.96. The molecule has 0 fully saturated rings. The number of rotatable bonds is 9. The van der Waals surface area contributed by atoms with E-state index in [0.29, 0.717) is 19.3 Å². The van der Waals surface area contributed by atoms with Gasteiger partial charge in [-0.25, -0.2) is 0 Å². The molecule has 18 heavy (non-hydrogen) atoms. The molecule has 0 unspecified atom stereocenters. The summed E-state index contributed by atoms with van der Waals surface area (Å²) in [6.07, 6.45) is 2.71. The van der Waals surface area contributed by atoms with E-state index in [4.69, 9.17) is 9.47 Å². The molecule has 1 aromatic rings. The topological polar surface area (TPSA) is 30.5 Å². The Morgan fingerprint density at radius 2 is 1.89 bits per heavy atom. The van der Waals surface area contributed by atoms with Gasteiger partial charge in [0.15, 0.2) is 11.5 Å². The van der Waals surface area contributed by atoms with E-state index >= 15 is 0 Å². The van der Waals surface area contributed by atoms with Crippen molar-refractivity contribution in [2.45, 2.75) is 26.3 Å². The maximum atomic E-state index is 5.72. The van der Waals surface area contributed by atoms with E-state index in [1.54, 1.807) is 6.08 Å². The second-order valence-electron chi connectivity index (χ2n) is 4.36. The van der Waals surface area contributed by atoms with Crippen LogP contribution in [0, 0.1) is 0 Å². The minimum Gasteiger partial charge on any atom is -0.490 e. The van der Waals surface area contributed by atoms with Crippen LogP contribution in [0.15, 0.2) is 36.9 Å². The van der Waals surface area contributed by atoms with Crippen molar-refractivity contribution in [3.05, 3.63) is 36.9 Å². The second-order valence-corrected chi connectivity index (χ2v) is 4.36. The van der Waals surface area contributed by atoms with Crippen LogP contribution in [0.1, 0.15) is 20.3 Å². The Morgan fingerprint density at radius 1 is 1.22 bits per heavy atom. The van der Waals surface area contributed by atoms with Gasteiger partial charge in [0.25, 0.3) is 0 Å². The number of benzene rings is 1. The highest BCUT2D eigenvalue weighted by atomic mass is 16.5. The maximum absolute atomic E-state index is 5.72. The Labute approximate surface area is 110 Å². The Morgan fingerprint density at radius 3 is 2.50 bits per heavy atom. The average molecular weight is 249 g/mol. The zero-order valence-electron chi connectivity index (χ0n) is 11.3. The van der Waals surface area contributed by atoms with E-state index in [2.05, 4.69) is 25.7 Å². The third kappa shape index (κ3) is 5.73. The first-order valence-electron chi connectivity index (χ1n) is 6.43. The molecular formula is C15H23NO2. The highest BCUT2D eigenvalue weighted by molar-refractivity contribution is 5.39. The molecule has 0 atom stereocenters. The summed E-state index contributed by atoms with van der Waals surface area (Å²) >= 11 is 0. The smallest absolute Gasteiger partial charge is 0.161 e. The molecule has 1 rings (SSSR count). The minimum absolute atomic E-state index is 0.495. The molecule has 0 aliphatic heterocycles. The fraction of sp³-hybridized carbons (Fsp3) is 0.467. The van der Waals surface area contributed by atoms with Crippen molar-refractivity contribution in [1.29, 1.82) is 0 Å². The van der Waals surface area contributed by atoms with E-state index < -0.39 is 0 Å². The standard InChI is InChI=1S/C15H23NO2/c1-4-11-17-14-8-5-6-9-15(14)18-12-7-10-16-13(2)3/h4-6,8-9,13,16H,1,7,10-12H2,2-3H3. The first kappa shape index (κ1) is 14.6. The maximum Gasteiger partial charge on any atom is 0.161 e. The molecule has 0 aliphatic rings. The van der Waals surface area contributed by atoms with Crippen molar-refractivity contribution in [2.75, 3.05) is 19.8 Å². The van der Waals surface area contributed by atoms with E-state index in [1.165, 1.54) is 0 Å². The van der Waals surface area contributed by atoms with Crippen LogP contribution in [0.5, 0.6) is 11.5 Å². The average Bonchev–Trinajstić information content (AvgIpc) is 2.36. The van der Waals surface area contributed by atoms with Crippen LogP contribution in [0.2, 0.25) is 0 Å². The number of para-hydroxylation sites is 2. The normalized spacial score (nSPS) is 10.4. The molecule has 0 spiro atoms. The fourth-order valence-corrected chi connectivity index (χ4v) is 1.48. The lowest BCUT2D eigenvalue weighted by molar-refractivity contribution is 0.277. The molecule has 100 valence electrons. The van der Waals surface area contributed by atoms with Gasteiger partial charge in [-0.2, -0.15) is 0 Å². The monoisotopic (exact) mass is 249 g/mol. The lowest BCUT2D eigenvalue weighted by Gasteiger charge is -2.12. The van der Waals surface area contributed by atoms with Gasteiger partial charge >= 0.3 is 0 Å². The summed E-state index contributed by atoms with van der Waals surface area (Å²) in [4.78, 5) is 0. The van der Waals surface area contributed by atoms with Crippen molar-refractivity contribution in [3.8, 4) is 11.5 Å². The summed E-state index contributed by atoms with van der Waals surface area (Å²) in [7, 11) is 0. The van der Waals surface area contributed by atoms with Crippen molar-refractivity contribution in [1.82, 2.24) is 5.32 Å². The molecule has 0 saturated carbocycles. The van der Waals surface area contributed by atoms with Crippen LogP contribution in [0.25, 0.3) is 0 Å². The van der Waals surface area contributed by atoms with Crippen molar-refractivity contribution in [3.63, 3.8) is 0 Å².